The zero-order valence-corrected chi connectivity index (χ0v) is 13.0. The Labute approximate surface area is 120 Å². The molecule has 0 aliphatic rings. The number of hydrogen-bond donors (Lipinski definition) is 3. The third kappa shape index (κ3) is 10.6. The zero-order valence-electron chi connectivity index (χ0n) is 12.2. The molecule has 0 aromatic heterocycles. The van der Waals surface area contributed by atoms with E-state index in [0.717, 1.165) is 6.26 Å². The fourth-order valence-corrected chi connectivity index (χ4v) is 2.32. The van der Waals surface area contributed by atoms with E-state index >= 15 is 0 Å². The quantitative estimate of drug-likeness (QED) is 0.536. The summed E-state index contributed by atoms with van der Waals surface area (Å²) in [5.41, 5.74) is 0. The molecule has 7 nitrogen and oxygen atoms in total. The van der Waals surface area contributed by atoms with Crippen molar-refractivity contribution in [3.63, 3.8) is 0 Å². The second-order valence-electron chi connectivity index (χ2n) is 5.28. The maximum atomic E-state index is 11.4. The SMILES string of the molecule is CC(C)CC(CNC(=O)NCCCS(C)(=O)=O)C(=O)O. The van der Waals surface area contributed by atoms with Crippen LogP contribution in [0, 0.1) is 11.8 Å². The number of carbonyl (C=O) groups excluding carboxylic acids is 1. The predicted octanol–water partition coefficient (Wildman–Crippen LogP) is 0.467. The molecule has 0 rings (SSSR count). The van der Waals surface area contributed by atoms with Gasteiger partial charge < -0.3 is 15.7 Å². The number of carboxylic acid groups (broad SMARTS) is 1. The summed E-state index contributed by atoms with van der Waals surface area (Å²) in [6.07, 6.45) is 1.96. The van der Waals surface area contributed by atoms with Crippen molar-refractivity contribution in [3.05, 3.63) is 0 Å². The van der Waals surface area contributed by atoms with Crippen LogP contribution in [0.1, 0.15) is 26.7 Å². The summed E-state index contributed by atoms with van der Waals surface area (Å²) >= 11 is 0. The largest absolute Gasteiger partial charge is 0.481 e. The maximum absolute atomic E-state index is 11.4. The van der Waals surface area contributed by atoms with Gasteiger partial charge in [-0.15, -0.1) is 0 Å². The van der Waals surface area contributed by atoms with Crippen molar-refractivity contribution < 1.29 is 23.1 Å². The molecule has 3 N–H and O–H groups in total. The van der Waals surface area contributed by atoms with Crippen LogP contribution in [0.2, 0.25) is 0 Å². The van der Waals surface area contributed by atoms with Crippen LogP contribution in [0.15, 0.2) is 0 Å². The van der Waals surface area contributed by atoms with Crippen LogP contribution in [-0.4, -0.2) is 50.6 Å². The van der Waals surface area contributed by atoms with E-state index in [1.165, 1.54) is 0 Å². The fourth-order valence-electron chi connectivity index (χ4n) is 1.66. The fraction of sp³-hybridized carbons (Fsp3) is 0.833. The number of amides is 2. The monoisotopic (exact) mass is 308 g/mol. The molecule has 1 atom stereocenters. The van der Waals surface area contributed by atoms with Crippen LogP contribution in [-0.2, 0) is 14.6 Å². The van der Waals surface area contributed by atoms with E-state index in [1.807, 2.05) is 13.8 Å². The normalized spacial score (nSPS) is 13.0. The molecule has 118 valence electrons. The van der Waals surface area contributed by atoms with Crippen molar-refractivity contribution in [1.29, 1.82) is 0 Å². The Morgan fingerprint density at radius 1 is 1.20 bits per heavy atom. The van der Waals surface area contributed by atoms with Crippen LogP contribution in [0.25, 0.3) is 0 Å². The molecule has 0 saturated heterocycles. The average Bonchev–Trinajstić information content (AvgIpc) is 2.28. The Balaban J connectivity index is 3.93. The predicted molar refractivity (Wildman–Crippen MR) is 76.3 cm³/mol. The summed E-state index contributed by atoms with van der Waals surface area (Å²) in [6.45, 7) is 4.13. The topological polar surface area (TPSA) is 113 Å². The van der Waals surface area contributed by atoms with E-state index in [2.05, 4.69) is 10.6 Å². The van der Waals surface area contributed by atoms with Gasteiger partial charge in [0.15, 0.2) is 0 Å². The maximum Gasteiger partial charge on any atom is 0.314 e. The number of rotatable bonds is 9. The van der Waals surface area contributed by atoms with Crippen molar-refractivity contribution in [2.24, 2.45) is 11.8 Å². The molecule has 8 heteroatoms. The molecule has 1 unspecified atom stereocenters. The second kappa shape index (κ2) is 8.78. The Morgan fingerprint density at radius 2 is 1.80 bits per heavy atom. The molecule has 0 saturated carbocycles. The Hall–Kier alpha value is -1.31. The Kier molecular flexibility index (Phi) is 8.21. The van der Waals surface area contributed by atoms with Gasteiger partial charge in [0.1, 0.15) is 9.84 Å². The number of sulfone groups is 1. The van der Waals surface area contributed by atoms with E-state index in [4.69, 9.17) is 5.11 Å². The number of carboxylic acids is 1. The second-order valence-corrected chi connectivity index (χ2v) is 7.54. The van der Waals surface area contributed by atoms with Gasteiger partial charge >= 0.3 is 12.0 Å². The van der Waals surface area contributed by atoms with Crippen LogP contribution in [0.3, 0.4) is 0 Å². The lowest BCUT2D eigenvalue weighted by Gasteiger charge is -2.15. The van der Waals surface area contributed by atoms with Crippen LogP contribution in [0.4, 0.5) is 4.79 Å². The molecule has 0 aliphatic heterocycles. The van der Waals surface area contributed by atoms with Gasteiger partial charge in [-0.25, -0.2) is 13.2 Å². The number of aliphatic carboxylic acids is 1. The molecule has 0 bridgehead atoms. The van der Waals surface area contributed by atoms with Gasteiger partial charge in [-0.05, 0) is 18.8 Å². The van der Waals surface area contributed by atoms with Gasteiger partial charge in [0.05, 0.1) is 11.7 Å². The summed E-state index contributed by atoms with van der Waals surface area (Å²) in [7, 11) is -3.02. The molecule has 20 heavy (non-hydrogen) atoms. The van der Waals surface area contributed by atoms with E-state index < -0.39 is 27.8 Å². The standard InChI is InChI=1S/C12H24N2O5S/c1-9(2)7-10(11(15)16)8-14-12(17)13-5-4-6-20(3,18)19/h9-10H,4-8H2,1-3H3,(H,15,16)(H2,13,14,17). The van der Waals surface area contributed by atoms with Gasteiger partial charge in [0.25, 0.3) is 0 Å². The summed E-state index contributed by atoms with van der Waals surface area (Å²) in [6, 6.07) is -0.478. The molecule has 0 aromatic rings. The molecule has 0 fully saturated rings. The highest BCUT2D eigenvalue weighted by atomic mass is 32.2. The molecule has 0 spiro atoms. The van der Waals surface area contributed by atoms with Gasteiger partial charge in [-0.1, -0.05) is 13.8 Å². The lowest BCUT2D eigenvalue weighted by molar-refractivity contribution is -0.142. The molecule has 0 radical (unpaired) electrons. The van der Waals surface area contributed by atoms with Gasteiger partial charge in [0.2, 0.25) is 0 Å². The van der Waals surface area contributed by atoms with Crippen LogP contribution >= 0.6 is 0 Å². The minimum Gasteiger partial charge on any atom is -0.481 e. The van der Waals surface area contributed by atoms with Crippen molar-refractivity contribution in [1.82, 2.24) is 10.6 Å². The van der Waals surface area contributed by atoms with Crippen LogP contribution < -0.4 is 10.6 Å². The van der Waals surface area contributed by atoms with Crippen molar-refractivity contribution in [2.75, 3.05) is 25.1 Å². The summed E-state index contributed by atoms with van der Waals surface area (Å²) < 4.78 is 21.7. The Bertz CT molecular complexity index is 420. The average molecular weight is 308 g/mol. The number of nitrogens with one attached hydrogen (secondary N) is 2. The first-order valence-electron chi connectivity index (χ1n) is 6.54. The van der Waals surface area contributed by atoms with E-state index in [0.29, 0.717) is 12.8 Å². The molecule has 0 aromatic carbocycles. The minimum absolute atomic E-state index is 0.0123. The zero-order chi connectivity index (χ0) is 15.8. The summed E-state index contributed by atoms with van der Waals surface area (Å²) in [5, 5.41) is 14.0. The van der Waals surface area contributed by atoms with Crippen molar-refractivity contribution >= 4 is 21.8 Å². The number of carbonyl (C=O) groups is 2. The third-order valence-electron chi connectivity index (χ3n) is 2.59. The first kappa shape index (κ1) is 18.7. The van der Waals surface area contributed by atoms with Gasteiger partial charge in [-0.2, -0.15) is 0 Å². The summed E-state index contributed by atoms with van der Waals surface area (Å²) in [5.74, 6) is -1.30. The van der Waals surface area contributed by atoms with Crippen LogP contribution in [0.5, 0.6) is 0 Å². The Morgan fingerprint density at radius 3 is 2.25 bits per heavy atom. The molecule has 2 amide bonds. The summed E-state index contributed by atoms with van der Waals surface area (Å²) in [4.78, 5) is 22.4. The smallest absolute Gasteiger partial charge is 0.314 e. The lowest BCUT2D eigenvalue weighted by Crippen LogP contribution is -2.40. The van der Waals surface area contributed by atoms with E-state index in [9.17, 15) is 18.0 Å². The number of urea groups is 1. The van der Waals surface area contributed by atoms with E-state index in [-0.39, 0.29) is 24.8 Å². The van der Waals surface area contributed by atoms with E-state index in [1.54, 1.807) is 0 Å². The molecular formula is C12H24N2O5S. The van der Waals surface area contributed by atoms with Crippen molar-refractivity contribution in [2.45, 2.75) is 26.7 Å². The lowest BCUT2D eigenvalue weighted by atomic mass is 9.97. The first-order valence-corrected chi connectivity index (χ1v) is 8.60. The minimum atomic E-state index is -3.02. The molecular weight excluding hydrogens is 284 g/mol. The highest BCUT2D eigenvalue weighted by molar-refractivity contribution is 7.90. The van der Waals surface area contributed by atoms with Gasteiger partial charge in [-0.3, -0.25) is 4.79 Å². The first-order chi connectivity index (χ1) is 9.11. The molecule has 0 aliphatic carbocycles. The van der Waals surface area contributed by atoms with Gasteiger partial charge in [0, 0.05) is 19.3 Å². The van der Waals surface area contributed by atoms with Crippen molar-refractivity contribution in [3.8, 4) is 0 Å². The highest BCUT2D eigenvalue weighted by Crippen LogP contribution is 2.10. The molecule has 0 heterocycles. The third-order valence-corrected chi connectivity index (χ3v) is 3.62. The number of hydrogen-bond acceptors (Lipinski definition) is 4. The highest BCUT2D eigenvalue weighted by Gasteiger charge is 2.19.